The molecule has 1 heterocycles. The van der Waals surface area contributed by atoms with Crippen LogP contribution in [-0.2, 0) is 9.47 Å². The molecule has 2 N–H and O–H groups in total. The monoisotopic (exact) mass is 207 g/mol. The fourth-order valence-electron chi connectivity index (χ4n) is 1.45. The first-order valence-electron chi connectivity index (χ1n) is 4.94. The van der Waals surface area contributed by atoms with Gasteiger partial charge in [-0.05, 0) is 30.7 Å². The van der Waals surface area contributed by atoms with Gasteiger partial charge in [0.25, 0.3) is 0 Å². The first-order chi connectivity index (χ1) is 7.25. The van der Waals surface area contributed by atoms with Crippen molar-refractivity contribution in [3.8, 4) is 0 Å². The van der Waals surface area contributed by atoms with Gasteiger partial charge in [-0.15, -0.1) is 0 Å². The number of hydrogen-bond donors (Lipinski definition) is 1. The van der Waals surface area contributed by atoms with Gasteiger partial charge < -0.3 is 15.2 Å². The highest BCUT2D eigenvalue weighted by atomic mass is 16.7. The molecule has 0 aromatic heterocycles. The van der Waals surface area contributed by atoms with Crippen molar-refractivity contribution in [2.75, 3.05) is 12.3 Å². The van der Waals surface area contributed by atoms with Gasteiger partial charge in [0.15, 0.2) is 0 Å². The summed E-state index contributed by atoms with van der Waals surface area (Å²) in [4.78, 5) is 11.6. The molecule has 0 spiro atoms. The summed E-state index contributed by atoms with van der Waals surface area (Å²) in [6.07, 6.45) is 1.34. The fourth-order valence-corrected chi connectivity index (χ4v) is 1.45. The lowest BCUT2D eigenvalue weighted by Crippen LogP contribution is -2.16. The first kappa shape index (κ1) is 9.98. The number of esters is 1. The second-order valence-corrected chi connectivity index (χ2v) is 3.47. The van der Waals surface area contributed by atoms with Gasteiger partial charge in [-0.1, -0.05) is 0 Å². The van der Waals surface area contributed by atoms with Crippen LogP contribution in [-0.4, -0.2) is 18.9 Å². The standard InChI is InChI=1S/C11H13NO3/c12-9-5-3-8(4-6-9)11(13)15-10-2-1-7-14-10/h3-6,10H,1-2,7,12H2. The van der Waals surface area contributed by atoms with E-state index in [0.717, 1.165) is 12.8 Å². The smallest absolute Gasteiger partial charge is 0.340 e. The van der Waals surface area contributed by atoms with E-state index in [0.29, 0.717) is 17.9 Å². The molecule has 2 rings (SSSR count). The van der Waals surface area contributed by atoms with Gasteiger partial charge in [-0.3, -0.25) is 0 Å². The molecular formula is C11H13NO3. The Bertz CT molecular complexity index is 341. The summed E-state index contributed by atoms with van der Waals surface area (Å²) in [7, 11) is 0. The Morgan fingerprint density at radius 2 is 2.13 bits per heavy atom. The lowest BCUT2D eigenvalue weighted by molar-refractivity contribution is -0.0775. The second-order valence-electron chi connectivity index (χ2n) is 3.47. The van der Waals surface area contributed by atoms with Crippen molar-refractivity contribution in [2.24, 2.45) is 0 Å². The summed E-state index contributed by atoms with van der Waals surface area (Å²) in [5.41, 5.74) is 6.64. The molecule has 15 heavy (non-hydrogen) atoms. The number of carbonyl (C=O) groups excluding carboxylic acids is 1. The minimum atomic E-state index is -0.380. The molecule has 0 aliphatic carbocycles. The molecule has 80 valence electrons. The molecule has 0 radical (unpaired) electrons. The van der Waals surface area contributed by atoms with Gasteiger partial charge in [0.1, 0.15) is 0 Å². The Kier molecular flexibility index (Phi) is 2.87. The zero-order chi connectivity index (χ0) is 10.7. The number of carbonyl (C=O) groups is 1. The van der Waals surface area contributed by atoms with Crippen LogP contribution in [0.3, 0.4) is 0 Å². The molecule has 0 saturated carbocycles. The van der Waals surface area contributed by atoms with Gasteiger partial charge in [0.05, 0.1) is 12.2 Å². The quantitative estimate of drug-likeness (QED) is 0.590. The van der Waals surface area contributed by atoms with Crippen LogP contribution in [0.4, 0.5) is 5.69 Å². The SMILES string of the molecule is Nc1ccc(C(=O)OC2CCCO2)cc1. The summed E-state index contributed by atoms with van der Waals surface area (Å²) in [5.74, 6) is -0.359. The van der Waals surface area contributed by atoms with Crippen LogP contribution in [0, 0.1) is 0 Å². The Balaban J connectivity index is 1.98. The summed E-state index contributed by atoms with van der Waals surface area (Å²) in [5, 5.41) is 0. The van der Waals surface area contributed by atoms with Crippen molar-refractivity contribution in [1.29, 1.82) is 0 Å². The van der Waals surface area contributed by atoms with Gasteiger partial charge in [0.2, 0.25) is 6.29 Å². The number of ether oxygens (including phenoxy) is 2. The van der Waals surface area contributed by atoms with E-state index in [9.17, 15) is 4.79 Å². The predicted molar refractivity (Wildman–Crippen MR) is 55.2 cm³/mol. The third kappa shape index (κ3) is 2.47. The average Bonchev–Trinajstić information content (AvgIpc) is 2.71. The maximum Gasteiger partial charge on any atom is 0.340 e. The molecule has 1 aliphatic heterocycles. The summed E-state index contributed by atoms with van der Waals surface area (Å²) in [6.45, 7) is 0.666. The zero-order valence-electron chi connectivity index (χ0n) is 8.31. The Labute approximate surface area is 88.0 Å². The lowest BCUT2D eigenvalue weighted by Gasteiger charge is -2.10. The molecule has 4 nitrogen and oxygen atoms in total. The Hall–Kier alpha value is -1.55. The molecule has 1 aliphatic rings. The number of nitrogen functional groups attached to an aromatic ring is 1. The van der Waals surface area contributed by atoms with Gasteiger partial charge in [-0.2, -0.15) is 0 Å². The first-order valence-corrected chi connectivity index (χ1v) is 4.94. The van der Waals surface area contributed by atoms with Crippen LogP contribution in [0.5, 0.6) is 0 Å². The highest BCUT2D eigenvalue weighted by Crippen LogP contribution is 2.15. The normalized spacial score (nSPS) is 20.1. The van der Waals surface area contributed by atoms with Crippen LogP contribution < -0.4 is 5.73 Å². The van der Waals surface area contributed by atoms with Gasteiger partial charge in [0, 0.05) is 12.1 Å². The predicted octanol–water partition coefficient (Wildman–Crippen LogP) is 1.56. The zero-order valence-corrected chi connectivity index (χ0v) is 8.31. The molecule has 0 amide bonds. The average molecular weight is 207 g/mol. The highest BCUT2D eigenvalue weighted by molar-refractivity contribution is 5.89. The molecular weight excluding hydrogens is 194 g/mol. The topological polar surface area (TPSA) is 61.6 Å². The van der Waals surface area contributed by atoms with Crippen LogP contribution in [0.1, 0.15) is 23.2 Å². The third-order valence-electron chi connectivity index (χ3n) is 2.27. The van der Waals surface area contributed by atoms with Crippen LogP contribution >= 0.6 is 0 Å². The molecule has 1 fully saturated rings. The second kappa shape index (κ2) is 4.31. The van der Waals surface area contributed by atoms with Crippen molar-refractivity contribution in [1.82, 2.24) is 0 Å². The van der Waals surface area contributed by atoms with Crippen molar-refractivity contribution in [3.63, 3.8) is 0 Å². The number of rotatable bonds is 2. The molecule has 4 heteroatoms. The molecule has 1 aromatic rings. The minimum Gasteiger partial charge on any atom is -0.432 e. The maximum atomic E-state index is 11.6. The molecule has 1 aromatic carbocycles. The van der Waals surface area contributed by atoms with E-state index in [1.54, 1.807) is 24.3 Å². The third-order valence-corrected chi connectivity index (χ3v) is 2.27. The van der Waals surface area contributed by atoms with Crippen molar-refractivity contribution in [3.05, 3.63) is 29.8 Å². The molecule has 1 unspecified atom stereocenters. The van der Waals surface area contributed by atoms with Crippen LogP contribution in [0.2, 0.25) is 0 Å². The highest BCUT2D eigenvalue weighted by Gasteiger charge is 2.20. The number of nitrogens with two attached hydrogens (primary N) is 1. The van der Waals surface area contributed by atoms with Gasteiger partial charge >= 0.3 is 5.97 Å². The lowest BCUT2D eigenvalue weighted by atomic mass is 10.2. The molecule has 0 bridgehead atoms. The van der Waals surface area contributed by atoms with Crippen molar-refractivity contribution < 1.29 is 14.3 Å². The van der Waals surface area contributed by atoms with Crippen LogP contribution in [0.25, 0.3) is 0 Å². The van der Waals surface area contributed by atoms with E-state index in [1.807, 2.05) is 0 Å². The number of benzene rings is 1. The van der Waals surface area contributed by atoms with E-state index >= 15 is 0 Å². The number of hydrogen-bond acceptors (Lipinski definition) is 4. The molecule has 1 saturated heterocycles. The number of anilines is 1. The van der Waals surface area contributed by atoms with E-state index in [-0.39, 0.29) is 12.3 Å². The van der Waals surface area contributed by atoms with E-state index in [2.05, 4.69) is 0 Å². The van der Waals surface area contributed by atoms with E-state index < -0.39 is 0 Å². The summed E-state index contributed by atoms with van der Waals surface area (Å²) >= 11 is 0. The van der Waals surface area contributed by atoms with Gasteiger partial charge in [-0.25, -0.2) is 4.79 Å². The summed E-state index contributed by atoms with van der Waals surface area (Å²) < 4.78 is 10.3. The Morgan fingerprint density at radius 3 is 2.73 bits per heavy atom. The Morgan fingerprint density at radius 1 is 1.40 bits per heavy atom. The van der Waals surface area contributed by atoms with E-state index in [1.165, 1.54) is 0 Å². The molecule has 1 atom stereocenters. The largest absolute Gasteiger partial charge is 0.432 e. The van der Waals surface area contributed by atoms with Crippen molar-refractivity contribution in [2.45, 2.75) is 19.1 Å². The van der Waals surface area contributed by atoms with E-state index in [4.69, 9.17) is 15.2 Å². The fraction of sp³-hybridized carbons (Fsp3) is 0.364. The maximum absolute atomic E-state index is 11.6. The minimum absolute atomic E-state index is 0.359. The van der Waals surface area contributed by atoms with Crippen LogP contribution in [0.15, 0.2) is 24.3 Å². The summed E-state index contributed by atoms with van der Waals surface area (Å²) in [6, 6.07) is 6.64. The van der Waals surface area contributed by atoms with Crippen molar-refractivity contribution >= 4 is 11.7 Å².